The van der Waals surface area contributed by atoms with Gasteiger partial charge in [-0.1, -0.05) is 44.2 Å². The number of amides is 1. The van der Waals surface area contributed by atoms with Gasteiger partial charge in [-0.3, -0.25) is 4.79 Å². The van der Waals surface area contributed by atoms with E-state index < -0.39 is 5.91 Å². The van der Waals surface area contributed by atoms with Crippen molar-refractivity contribution in [1.82, 2.24) is 0 Å². The van der Waals surface area contributed by atoms with E-state index in [1.165, 1.54) is 5.56 Å². The Morgan fingerprint density at radius 2 is 1.81 bits per heavy atom. The molecule has 0 fully saturated rings. The number of nitrogens with zero attached hydrogens (tertiary/aromatic N) is 1. The van der Waals surface area contributed by atoms with Gasteiger partial charge in [0, 0.05) is 11.8 Å². The number of nitrogens with one attached hydrogen (secondary N) is 1. The van der Waals surface area contributed by atoms with Gasteiger partial charge in [-0.05, 0) is 49.1 Å². The predicted molar refractivity (Wildman–Crippen MR) is 105 cm³/mol. The lowest BCUT2D eigenvalue weighted by Crippen LogP contribution is -2.13. The number of hydrogen-bond acceptors (Lipinski definition) is 3. The smallest absolute Gasteiger partial charge is 0.266 e. The number of rotatable bonds is 6. The van der Waals surface area contributed by atoms with E-state index in [0.717, 1.165) is 5.56 Å². The van der Waals surface area contributed by atoms with Gasteiger partial charge in [0.25, 0.3) is 5.91 Å². The topological polar surface area (TPSA) is 62.1 Å². The maximum absolute atomic E-state index is 12.4. The van der Waals surface area contributed by atoms with Gasteiger partial charge < -0.3 is 10.1 Å². The first-order valence-corrected chi connectivity index (χ1v) is 8.69. The quantitative estimate of drug-likeness (QED) is 0.580. The van der Waals surface area contributed by atoms with E-state index in [1.807, 2.05) is 50.2 Å². The van der Waals surface area contributed by atoms with Gasteiger partial charge in [0.15, 0.2) is 0 Å². The molecule has 1 N–H and O–H groups in total. The normalized spacial score (nSPS) is 11.3. The maximum Gasteiger partial charge on any atom is 0.266 e. The van der Waals surface area contributed by atoms with Gasteiger partial charge in [0.2, 0.25) is 0 Å². The first kappa shape index (κ1) is 19.3. The fourth-order valence-corrected chi connectivity index (χ4v) is 2.41. The molecular formula is C22H24N2O2. The Hall–Kier alpha value is -3.06. The standard InChI is InChI=1S/C22H24N2O2/c1-15(2)18-10-8-17(9-11-18)12-19(14-23)22(25)24-20-6-5-7-21(13-20)26-16(3)4/h5-13,15-16H,1-4H3,(H,24,25)/b19-12-. The van der Waals surface area contributed by atoms with Crippen LogP contribution in [0.1, 0.15) is 44.7 Å². The van der Waals surface area contributed by atoms with E-state index in [1.54, 1.807) is 24.3 Å². The van der Waals surface area contributed by atoms with Gasteiger partial charge >= 0.3 is 0 Å². The number of carbonyl (C=O) groups is 1. The SMILES string of the molecule is CC(C)Oc1cccc(NC(=O)/C(C#N)=C\c2ccc(C(C)C)cc2)c1. The van der Waals surface area contributed by atoms with Crippen LogP contribution in [-0.2, 0) is 4.79 Å². The molecule has 0 aliphatic carbocycles. The number of nitriles is 1. The average Bonchev–Trinajstić information content (AvgIpc) is 2.59. The monoisotopic (exact) mass is 348 g/mol. The molecule has 4 heteroatoms. The molecule has 2 aromatic rings. The Balaban J connectivity index is 2.14. The highest BCUT2D eigenvalue weighted by Gasteiger charge is 2.10. The van der Waals surface area contributed by atoms with Crippen LogP contribution >= 0.6 is 0 Å². The fourth-order valence-electron chi connectivity index (χ4n) is 2.41. The lowest BCUT2D eigenvalue weighted by molar-refractivity contribution is -0.112. The molecule has 1 amide bonds. The molecule has 0 saturated carbocycles. The third-order valence-electron chi connectivity index (χ3n) is 3.74. The third kappa shape index (κ3) is 5.49. The van der Waals surface area contributed by atoms with Crippen LogP contribution in [0.3, 0.4) is 0 Å². The number of anilines is 1. The van der Waals surface area contributed by atoms with Crippen LogP contribution in [0, 0.1) is 11.3 Å². The molecule has 0 saturated heterocycles. The van der Waals surface area contributed by atoms with E-state index in [9.17, 15) is 10.1 Å². The Bertz CT molecular complexity index is 828. The number of hydrogen-bond donors (Lipinski definition) is 1. The van der Waals surface area contributed by atoms with Crippen LogP contribution in [0.2, 0.25) is 0 Å². The van der Waals surface area contributed by atoms with Gasteiger partial charge in [-0.15, -0.1) is 0 Å². The Kier molecular flexibility index (Phi) is 6.57. The highest BCUT2D eigenvalue weighted by molar-refractivity contribution is 6.09. The zero-order chi connectivity index (χ0) is 19.1. The van der Waals surface area contributed by atoms with E-state index in [2.05, 4.69) is 19.2 Å². The lowest BCUT2D eigenvalue weighted by Gasteiger charge is -2.11. The summed E-state index contributed by atoms with van der Waals surface area (Å²) in [6.07, 6.45) is 1.64. The molecule has 134 valence electrons. The van der Waals surface area contributed by atoms with Crippen LogP contribution in [-0.4, -0.2) is 12.0 Å². The Morgan fingerprint density at radius 1 is 1.12 bits per heavy atom. The maximum atomic E-state index is 12.4. The molecule has 2 aromatic carbocycles. The van der Waals surface area contributed by atoms with Gasteiger partial charge in [0.05, 0.1) is 6.10 Å². The first-order chi connectivity index (χ1) is 12.4. The molecule has 2 rings (SSSR count). The minimum Gasteiger partial charge on any atom is -0.491 e. The van der Waals surface area contributed by atoms with Crippen LogP contribution in [0.15, 0.2) is 54.1 Å². The van der Waals surface area contributed by atoms with Crippen LogP contribution in [0.5, 0.6) is 5.75 Å². The minimum atomic E-state index is -0.442. The largest absolute Gasteiger partial charge is 0.491 e. The lowest BCUT2D eigenvalue weighted by atomic mass is 10.0. The molecular weight excluding hydrogens is 324 g/mol. The molecule has 0 spiro atoms. The summed E-state index contributed by atoms with van der Waals surface area (Å²) in [5.41, 5.74) is 2.67. The molecule has 0 unspecified atom stereocenters. The second-order valence-electron chi connectivity index (χ2n) is 6.64. The second kappa shape index (κ2) is 8.87. The molecule has 0 heterocycles. The third-order valence-corrected chi connectivity index (χ3v) is 3.74. The number of benzene rings is 2. The minimum absolute atomic E-state index is 0.0457. The molecule has 0 radical (unpaired) electrons. The summed E-state index contributed by atoms with van der Waals surface area (Å²) < 4.78 is 5.62. The molecule has 0 atom stereocenters. The molecule has 26 heavy (non-hydrogen) atoms. The Labute approximate surface area is 155 Å². The van der Waals surface area contributed by atoms with Crippen molar-refractivity contribution in [2.45, 2.75) is 39.7 Å². The van der Waals surface area contributed by atoms with Crippen LogP contribution in [0.25, 0.3) is 6.08 Å². The van der Waals surface area contributed by atoms with Crippen molar-refractivity contribution in [1.29, 1.82) is 5.26 Å². The highest BCUT2D eigenvalue weighted by atomic mass is 16.5. The van der Waals surface area contributed by atoms with Gasteiger partial charge in [-0.2, -0.15) is 5.26 Å². The van der Waals surface area contributed by atoms with Crippen molar-refractivity contribution in [3.8, 4) is 11.8 Å². The molecule has 0 bridgehead atoms. The second-order valence-corrected chi connectivity index (χ2v) is 6.64. The zero-order valence-electron chi connectivity index (χ0n) is 15.6. The van der Waals surface area contributed by atoms with Crippen molar-refractivity contribution in [3.63, 3.8) is 0 Å². The molecule has 0 aliphatic heterocycles. The van der Waals surface area contributed by atoms with E-state index in [-0.39, 0.29) is 11.7 Å². The average molecular weight is 348 g/mol. The van der Waals surface area contributed by atoms with Crippen molar-refractivity contribution in [3.05, 3.63) is 65.2 Å². The Morgan fingerprint density at radius 3 is 2.38 bits per heavy atom. The fraction of sp³-hybridized carbons (Fsp3) is 0.273. The van der Waals surface area contributed by atoms with Crippen LogP contribution in [0.4, 0.5) is 5.69 Å². The molecule has 0 aliphatic rings. The molecule has 0 aromatic heterocycles. The summed E-state index contributed by atoms with van der Waals surface area (Å²) in [6, 6.07) is 16.9. The predicted octanol–water partition coefficient (Wildman–Crippen LogP) is 5.14. The van der Waals surface area contributed by atoms with Crippen molar-refractivity contribution in [2.24, 2.45) is 0 Å². The van der Waals surface area contributed by atoms with E-state index in [4.69, 9.17) is 4.74 Å². The van der Waals surface area contributed by atoms with Gasteiger partial charge in [-0.25, -0.2) is 0 Å². The molecule has 4 nitrogen and oxygen atoms in total. The van der Waals surface area contributed by atoms with Crippen molar-refractivity contribution in [2.75, 3.05) is 5.32 Å². The van der Waals surface area contributed by atoms with E-state index >= 15 is 0 Å². The number of ether oxygens (including phenoxy) is 1. The van der Waals surface area contributed by atoms with Crippen molar-refractivity contribution >= 4 is 17.7 Å². The van der Waals surface area contributed by atoms with Crippen LogP contribution < -0.4 is 10.1 Å². The van der Waals surface area contributed by atoms with Crippen molar-refractivity contribution < 1.29 is 9.53 Å². The summed E-state index contributed by atoms with van der Waals surface area (Å²) in [7, 11) is 0. The summed E-state index contributed by atoms with van der Waals surface area (Å²) >= 11 is 0. The first-order valence-electron chi connectivity index (χ1n) is 8.69. The van der Waals surface area contributed by atoms with Gasteiger partial charge in [0.1, 0.15) is 17.4 Å². The number of carbonyl (C=O) groups excluding carboxylic acids is 1. The summed E-state index contributed by atoms with van der Waals surface area (Å²) in [6.45, 7) is 8.12. The summed E-state index contributed by atoms with van der Waals surface area (Å²) in [4.78, 5) is 12.4. The van der Waals surface area contributed by atoms with E-state index in [0.29, 0.717) is 17.4 Å². The zero-order valence-corrected chi connectivity index (χ0v) is 15.6. The summed E-state index contributed by atoms with van der Waals surface area (Å²) in [5.74, 6) is 0.666. The summed E-state index contributed by atoms with van der Waals surface area (Å²) in [5, 5.41) is 12.1. The highest BCUT2D eigenvalue weighted by Crippen LogP contribution is 2.20.